The van der Waals surface area contributed by atoms with Crippen molar-refractivity contribution in [3.63, 3.8) is 0 Å². The Morgan fingerprint density at radius 3 is 2.50 bits per heavy atom. The van der Waals surface area contributed by atoms with Crippen LogP contribution in [0.1, 0.15) is 58.0 Å². The summed E-state index contributed by atoms with van der Waals surface area (Å²) >= 11 is 0. The SMILES string of the molecule is CCCC(O)c1cc2cc(OC)cc(C(C)(C)C)c2o1. The summed E-state index contributed by atoms with van der Waals surface area (Å²) in [6.07, 6.45) is 1.10. The van der Waals surface area contributed by atoms with Gasteiger partial charge in [0.25, 0.3) is 0 Å². The molecular formula is C17H24O3. The summed E-state index contributed by atoms with van der Waals surface area (Å²) in [7, 11) is 1.67. The van der Waals surface area contributed by atoms with Crippen LogP contribution < -0.4 is 4.74 Å². The zero-order chi connectivity index (χ0) is 14.9. The molecule has 0 saturated heterocycles. The largest absolute Gasteiger partial charge is 0.497 e. The lowest BCUT2D eigenvalue weighted by molar-refractivity contribution is 0.141. The first-order valence-electron chi connectivity index (χ1n) is 7.16. The van der Waals surface area contributed by atoms with Crippen molar-refractivity contribution in [1.29, 1.82) is 0 Å². The van der Waals surface area contributed by atoms with Crippen LogP contribution in [-0.4, -0.2) is 12.2 Å². The normalized spacial score (nSPS) is 13.7. The number of aliphatic hydroxyl groups is 1. The van der Waals surface area contributed by atoms with Crippen LogP contribution in [0, 0.1) is 0 Å². The van der Waals surface area contributed by atoms with E-state index in [2.05, 4.69) is 27.7 Å². The van der Waals surface area contributed by atoms with Gasteiger partial charge in [-0.15, -0.1) is 0 Å². The maximum absolute atomic E-state index is 10.1. The van der Waals surface area contributed by atoms with Gasteiger partial charge in [-0.1, -0.05) is 34.1 Å². The van der Waals surface area contributed by atoms with E-state index in [1.165, 1.54) is 0 Å². The van der Waals surface area contributed by atoms with Crippen molar-refractivity contribution in [2.75, 3.05) is 7.11 Å². The zero-order valence-electron chi connectivity index (χ0n) is 13.0. The molecule has 0 radical (unpaired) electrons. The van der Waals surface area contributed by atoms with E-state index < -0.39 is 6.10 Å². The van der Waals surface area contributed by atoms with Crippen molar-refractivity contribution in [3.05, 3.63) is 29.5 Å². The monoisotopic (exact) mass is 276 g/mol. The second-order valence-corrected chi connectivity index (χ2v) is 6.30. The maximum atomic E-state index is 10.1. The number of methoxy groups -OCH3 is 1. The van der Waals surface area contributed by atoms with Crippen LogP contribution in [0.5, 0.6) is 5.75 Å². The molecule has 0 fully saturated rings. The van der Waals surface area contributed by atoms with Crippen LogP contribution in [0.2, 0.25) is 0 Å². The lowest BCUT2D eigenvalue weighted by Gasteiger charge is -2.20. The van der Waals surface area contributed by atoms with E-state index in [1.807, 2.05) is 18.2 Å². The molecule has 2 rings (SSSR count). The average Bonchev–Trinajstić information content (AvgIpc) is 2.80. The Bertz CT molecular complexity index is 590. The molecule has 1 N–H and O–H groups in total. The fraction of sp³-hybridized carbons (Fsp3) is 0.529. The summed E-state index contributed by atoms with van der Waals surface area (Å²) in [5, 5.41) is 11.1. The Balaban J connectivity index is 2.60. The quantitative estimate of drug-likeness (QED) is 0.889. The van der Waals surface area contributed by atoms with Gasteiger partial charge in [0, 0.05) is 10.9 Å². The van der Waals surface area contributed by atoms with Crippen LogP contribution >= 0.6 is 0 Å². The van der Waals surface area contributed by atoms with Crippen LogP contribution in [-0.2, 0) is 5.41 Å². The van der Waals surface area contributed by atoms with Crippen molar-refractivity contribution in [3.8, 4) is 5.75 Å². The number of rotatable bonds is 4. The van der Waals surface area contributed by atoms with Crippen molar-refractivity contribution in [1.82, 2.24) is 0 Å². The third-order valence-electron chi connectivity index (χ3n) is 3.54. The number of furan rings is 1. The number of aliphatic hydroxyl groups excluding tert-OH is 1. The van der Waals surface area contributed by atoms with E-state index in [9.17, 15) is 5.11 Å². The van der Waals surface area contributed by atoms with Gasteiger partial charge in [0.15, 0.2) is 0 Å². The molecule has 0 spiro atoms. The summed E-state index contributed by atoms with van der Waals surface area (Å²) < 4.78 is 11.3. The van der Waals surface area contributed by atoms with Crippen LogP contribution in [0.3, 0.4) is 0 Å². The molecule has 1 atom stereocenters. The Morgan fingerprint density at radius 1 is 1.25 bits per heavy atom. The highest BCUT2D eigenvalue weighted by molar-refractivity contribution is 5.84. The highest BCUT2D eigenvalue weighted by Gasteiger charge is 2.22. The molecule has 0 amide bonds. The van der Waals surface area contributed by atoms with Crippen molar-refractivity contribution in [2.45, 2.75) is 52.1 Å². The third kappa shape index (κ3) is 2.83. The molecule has 2 aromatic rings. The molecule has 1 aromatic carbocycles. The molecule has 0 saturated carbocycles. The molecule has 0 aliphatic carbocycles. The highest BCUT2D eigenvalue weighted by atomic mass is 16.5. The summed E-state index contributed by atoms with van der Waals surface area (Å²) in [6.45, 7) is 8.49. The van der Waals surface area contributed by atoms with Crippen molar-refractivity contribution >= 4 is 11.0 Å². The van der Waals surface area contributed by atoms with Crippen molar-refractivity contribution < 1.29 is 14.3 Å². The molecule has 1 unspecified atom stereocenters. The Kier molecular flexibility index (Phi) is 4.09. The fourth-order valence-corrected chi connectivity index (χ4v) is 2.40. The first-order chi connectivity index (χ1) is 9.36. The molecule has 3 heteroatoms. The predicted octanol–water partition coefficient (Wildman–Crippen LogP) is 4.57. The minimum atomic E-state index is -0.536. The smallest absolute Gasteiger partial charge is 0.138 e. The van der Waals surface area contributed by atoms with Gasteiger partial charge in [0.1, 0.15) is 23.2 Å². The van der Waals surface area contributed by atoms with Gasteiger partial charge in [0.05, 0.1) is 7.11 Å². The van der Waals surface area contributed by atoms with E-state index in [0.29, 0.717) is 12.2 Å². The van der Waals surface area contributed by atoms with E-state index in [-0.39, 0.29) is 5.41 Å². The van der Waals surface area contributed by atoms with Crippen LogP contribution in [0.15, 0.2) is 22.6 Å². The molecule has 1 heterocycles. The lowest BCUT2D eigenvalue weighted by Crippen LogP contribution is -2.11. The second-order valence-electron chi connectivity index (χ2n) is 6.30. The average molecular weight is 276 g/mol. The lowest BCUT2D eigenvalue weighted by atomic mass is 9.86. The fourth-order valence-electron chi connectivity index (χ4n) is 2.40. The number of ether oxygens (including phenoxy) is 1. The van der Waals surface area contributed by atoms with E-state index in [4.69, 9.17) is 9.15 Å². The third-order valence-corrected chi connectivity index (χ3v) is 3.54. The first-order valence-corrected chi connectivity index (χ1v) is 7.16. The van der Waals surface area contributed by atoms with Gasteiger partial charge in [-0.25, -0.2) is 0 Å². The molecule has 0 aliphatic rings. The summed E-state index contributed by atoms with van der Waals surface area (Å²) in [6, 6.07) is 5.89. The molecule has 3 nitrogen and oxygen atoms in total. The maximum Gasteiger partial charge on any atom is 0.138 e. The van der Waals surface area contributed by atoms with Gasteiger partial charge in [-0.2, -0.15) is 0 Å². The van der Waals surface area contributed by atoms with Gasteiger partial charge in [-0.05, 0) is 30.0 Å². The Morgan fingerprint density at radius 2 is 1.95 bits per heavy atom. The first kappa shape index (κ1) is 14.9. The molecular weight excluding hydrogens is 252 g/mol. The second kappa shape index (κ2) is 5.49. The Labute approximate surface area is 120 Å². The molecule has 110 valence electrons. The predicted molar refractivity (Wildman–Crippen MR) is 81.3 cm³/mol. The van der Waals surface area contributed by atoms with Gasteiger partial charge in [0.2, 0.25) is 0 Å². The number of benzene rings is 1. The summed E-state index contributed by atoms with van der Waals surface area (Å²) in [4.78, 5) is 0. The molecule has 1 aromatic heterocycles. The van der Waals surface area contributed by atoms with E-state index in [0.717, 1.165) is 28.7 Å². The number of hydrogen-bond donors (Lipinski definition) is 1. The zero-order valence-corrected chi connectivity index (χ0v) is 13.0. The van der Waals surface area contributed by atoms with Gasteiger partial charge < -0.3 is 14.3 Å². The molecule has 0 bridgehead atoms. The molecule has 0 aliphatic heterocycles. The number of fused-ring (bicyclic) bond motifs is 1. The van der Waals surface area contributed by atoms with Crippen LogP contribution in [0.4, 0.5) is 0 Å². The van der Waals surface area contributed by atoms with E-state index in [1.54, 1.807) is 7.11 Å². The van der Waals surface area contributed by atoms with Crippen LogP contribution in [0.25, 0.3) is 11.0 Å². The Hall–Kier alpha value is -1.48. The van der Waals surface area contributed by atoms with Crippen molar-refractivity contribution in [2.24, 2.45) is 0 Å². The minimum absolute atomic E-state index is 0.0440. The molecule has 20 heavy (non-hydrogen) atoms. The van der Waals surface area contributed by atoms with Gasteiger partial charge in [-0.3, -0.25) is 0 Å². The standard InChI is InChI=1S/C17H24O3/c1-6-7-14(18)15-9-11-8-12(19-5)10-13(16(11)20-15)17(2,3)4/h8-10,14,18H,6-7H2,1-5H3. The highest BCUT2D eigenvalue weighted by Crippen LogP contribution is 2.37. The summed E-state index contributed by atoms with van der Waals surface area (Å²) in [5.74, 6) is 1.46. The summed E-state index contributed by atoms with van der Waals surface area (Å²) in [5.41, 5.74) is 1.91. The van der Waals surface area contributed by atoms with E-state index >= 15 is 0 Å². The van der Waals surface area contributed by atoms with Gasteiger partial charge >= 0.3 is 0 Å². The topological polar surface area (TPSA) is 42.6 Å². The minimum Gasteiger partial charge on any atom is -0.497 e. The number of hydrogen-bond acceptors (Lipinski definition) is 3.